The average molecular weight is 548 g/mol. The number of carbonyl (C=O) groups excluding carboxylic acids is 3. The Kier molecular flexibility index (Phi) is 8.46. The van der Waals surface area contributed by atoms with Gasteiger partial charge < -0.3 is 10.1 Å². The van der Waals surface area contributed by atoms with Crippen molar-refractivity contribution < 1.29 is 32.3 Å². The Bertz CT molecular complexity index is 1380. The number of ether oxygens (including phenoxy) is 1. The lowest BCUT2D eigenvalue weighted by molar-refractivity contribution is -0.137. The Morgan fingerprint density at radius 2 is 1.61 bits per heavy atom. The van der Waals surface area contributed by atoms with Gasteiger partial charge in [-0.05, 0) is 69.2 Å². The number of nitrogens with zero attached hydrogens (tertiary/aromatic N) is 1. The minimum absolute atomic E-state index is 0.229. The quantitative estimate of drug-likeness (QED) is 0.249. The summed E-state index contributed by atoms with van der Waals surface area (Å²) in [5, 5.41) is 3.87. The van der Waals surface area contributed by atoms with Crippen molar-refractivity contribution in [2.24, 2.45) is 0 Å². The van der Waals surface area contributed by atoms with Crippen LogP contribution in [0.2, 0.25) is 5.02 Å². The van der Waals surface area contributed by atoms with Crippen LogP contribution >= 0.6 is 11.6 Å². The third-order valence-corrected chi connectivity index (χ3v) is 5.37. The molecule has 0 aliphatic carbocycles. The summed E-state index contributed by atoms with van der Waals surface area (Å²) in [4.78, 5) is 41.9. The fraction of sp³-hybridized carbons (Fsp3) is 0.259. The number of amides is 2. The summed E-state index contributed by atoms with van der Waals surface area (Å²) in [5.74, 6) is -1.34. The van der Waals surface area contributed by atoms with Crippen molar-refractivity contribution >= 4 is 40.8 Å². The average Bonchev–Trinajstić information content (AvgIpc) is 2.78. The van der Waals surface area contributed by atoms with E-state index in [0.29, 0.717) is 6.07 Å². The molecule has 2 amide bonds. The molecule has 0 bridgehead atoms. The number of Topliss-reactive ketones (excluding diaryl/α,β-unsaturated/α-hetero) is 1. The highest BCUT2D eigenvalue weighted by atomic mass is 35.5. The number of pyridine rings is 1. The van der Waals surface area contributed by atoms with Crippen molar-refractivity contribution in [3.63, 3.8) is 0 Å². The molecule has 3 rings (SSSR count). The number of benzene rings is 2. The third kappa shape index (κ3) is 7.79. The summed E-state index contributed by atoms with van der Waals surface area (Å²) in [6.45, 7) is 6.57. The van der Waals surface area contributed by atoms with E-state index in [1.165, 1.54) is 0 Å². The first-order valence-corrected chi connectivity index (χ1v) is 11.8. The maximum atomic E-state index is 13.4. The van der Waals surface area contributed by atoms with Crippen molar-refractivity contribution in [2.75, 3.05) is 10.6 Å². The predicted octanol–water partition coefficient (Wildman–Crippen LogP) is 7.29. The Morgan fingerprint density at radius 1 is 0.947 bits per heavy atom. The second-order valence-corrected chi connectivity index (χ2v) is 9.82. The lowest BCUT2D eigenvalue weighted by Gasteiger charge is -2.21. The number of nitrogens with one attached hydrogen (secondary N) is 2. The van der Waals surface area contributed by atoms with Crippen molar-refractivity contribution in [1.29, 1.82) is 0 Å². The van der Waals surface area contributed by atoms with Crippen molar-refractivity contribution in [2.45, 2.75) is 45.9 Å². The Labute approximate surface area is 222 Å². The van der Waals surface area contributed by atoms with Crippen LogP contribution in [-0.4, -0.2) is 28.4 Å². The number of carbonyl (C=O) groups is 3. The molecule has 7 nitrogen and oxygen atoms in total. The SMILES string of the molecule is Cc1cc(-c2cccc(C(=O)CC(=O)Nc3cc(Cl)c(C(F)(F)F)cc3NC(=O)OC(C)(C)C)c2)ccn1. The lowest BCUT2D eigenvalue weighted by atomic mass is 10.0. The molecule has 0 atom stereocenters. The molecule has 3 aromatic rings. The molecule has 200 valence electrons. The van der Waals surface area contributed by atoms with Crippen LogP contribution in [0.1, 0.15) is 48.8 Å². The summed E-state index contributed by atoms with van der Waals surface area (Å²) in [5.41, 5.74) is -0.117. The van der Waals surface area contributed by atoms with Gasteiger partial charge in [-0.1, -0.05) is 29.8 Å². The highest BCUT2D eigenvalue weighted by Crippen LogP contribution is 2.39. The molecule has 0 radical (unpaired) electrons. The van der Waals surface area contributed by atoms with Crippen LogP contribution in [0.4, 0.5) is 29.3 Å². The van der Waals surface area contributed by atoms with Gasteiger partial charge in [0.15, 0.2) is 5.78 Å². The molecule has 0 saturated carbocycles. The first-order chi connectivity index (χ1) is 17.6. The summed E-state index contributed by atoms with van der Waals surface area (Å²) in [7, 11) is 0. The highest BCUT2D eigenvalue weighted by Gasteiger charge is 2.34. The Hall–Kier alpha value is -3.92. The molecular formula is C27H25ClF3N3O4. The smallest absolute Gasteiger partial charge is 0.417 e. The van der Waals surface area contributed by atoms with E-state index in [0.717, 1.165) is 22.9 Å². The van der Waals surface area contributed by atoms with Gasteiger partial charge in [0.05, 0.1) is 28.4 Å². The normalized spacial score (nSPS) is 11.6. The van der Waals surface area contributed by atoms with Crippen LogP contribution in [-0.2, 0) is 15.7 Å². The molecule has 0 spiro atoms. The number of halogens is 4. The Morgan fingerprint density at radius 3 is 2.24 bits per heavy atom. The number of aromatic nitrogens is 1. The number of rotatable bonds is 6. The second kappa shape index (κ2) is 11.2. The standard InChI is InChI=1S/C27H25ClF3N3O4/c1-15-10-17(8-9-32-15)16-6-5-7-18(11-16)23(35)14-24(36)33-22-13-20(28)19(27(29,30)31)12-21(22)34-25(37)38-26(2,3)4/h5-13H,14H2,1-4H3,(H,33,36)(H,34,37). The molecule has 11 heteroatoms. The van der Waals surface area contributed by atoms with Gasteiger partial charge in [-0.25, -0.2) is 4.79 Å². The molecular weight excluding hydrogens is 523 g/mol. The zero-order chi connectivity index (χ0) is 28.3. The maximum absolute atomic E-state index is 13.4. The van der Waals surface area contributed by atoms with E-state index in [9.17, 15) is 27.6 Å². The second-order valence-electron chi connectivity index (χ2n) is 9.42. The molecule has 38 heavy (non-hydrogen) atoms. The monoisotopic (exact) mass is 547 g/mol. The molecule has 0 saturated heterocycles. The van der Waals surface area contributed by atoms with Crippen LogP contribution in [0.3, 0.4) is 0 Å². The van der Waals surface area contributed by atoms with Crippen LogP contribution in [0.25, 0.3) is 11.1 Å². The molecule has 0 unspecified atom stereocenters. The number of anilines is 2. The zero-order valence-electron chi connectivity index (χ0n) is 21.0. The van der Waals surface area contributed by atoms with Gasteiger partial charge in [-0.15, -0.1) is 0 Å². The number of hydrogen-bond acceptors (Lipinski definition) is 5. The van der Waals surface area contributed by atoms with E-state index >= 15 is 0 Å². The summed E-state index contributed by atoms with van der Waals surface area (Å²) in [6.07, 6.45) is -4.82. The van der Waals surface area contributed by atoms with Gasteiger partial charge in [0.2, 0.25) is 5.91 Å². The summed E-state index contributed by atoms with van der Waals surface area (Å²) in [6, 6.07) is 11.8. The van der Waals surface area contributed by atoms with E-state index < -0.39 is 52.3 Å². The summed E-state index contributed by atoms with van der Waals surface area (Å²) < 4.78 is 45.3. The fourth-order valence-corrected chi connectivity index (χ4v) is 3.72. The van der Waals surface area contributed by atoms with Gasteiger partial charge in [-0.3, -0.25) is 19.9 Å². The van der Waals surface area contributed by atoms with E-state index in [4.69, 9.17) is 16.3 Å². The number of aryl methyl sites for hydroxylation is 1. The third-order valence-electron chi connectivity index (χ3n) is 5.06. The van der Waals surface area contributed by atoms with E-state index in [1.54, 1.807) is 51.2 Å². The molecule has 2 N–H and O–H groups in total. The molecule has 2 aromatic carbocycles. The molecule has 0 aliphatic rings. The molecule has 1 aromatic heterocycles. The largest absolute Gasteiger partial charge is 0.444 e. The van der Waals surface area contributed by atoms with Crippen LogP contribution in [0.15, 0.2) is 54.7 Å². The first kappa shape index (κ1) is 28.6. The fourth-order valence-electron chi connectivity index (χ4n) is 3.45. The van der Waals surface area contributed by atoms with Crippen LogP contribution < -0.4 is 10.6 Å². The van der Waals surface area contributed by atoms with Gasteiger partial charge in [0, 0.05) is 17.5 Å². The maximum Gasteiger partial charge on any atom is 0.417 e. The highest BCUT2D eigenvalue weighted by molar-refractivity contribution is 6.32. The van der Waals surface area contributed by atoms with Crippen molar-refractivity contribution in [3.8, 4) is 11.1 Å². The van der Waals surface area contributed by atoms with Gasteiger partial charge >= 0.3 is 12.3 Å². The van der Waals surface area contributed by atoms with Crippen LogP contribution in [0, 0.1) is 6.92 Å². The van der Waals surface area contributed by atoms with Crippen molar-refractivity contribution in [3.05, 3.63) is 76.6 Å². The number of alkyl halides is 3. The first-order valence-electron chi connectivity index (χ1n) is 11.4. The molecule has 0 fully saturated rings. The van der Waals surface area contributed by atoms with E-state index in [2.05, 4.69) is 15.6 Å². The van der Waals surface area contributed by atoms with Gasteiger partial charge in [0.25, 0.3) is 0 Å². The van der Waals surface area contributed by atoms with E-state index in [1.807, 2.05) is 19.1 Å². The molecule has 1 heterocycles. The predicted molar refractivity (Wildman–Crippen MR) is 138 cm³/mol. The Balaban J connectivity index is 1.82. The van der Waals surface area contributed by atoms with Crippen molar-refractivity contribution in [1.82, 2.24) is 4.98 Å². The van der Waals surface area contributed by atoms with Crippen LogP contribution in [0.5, 0.6) is 0 Å². The molecule has 0 aliphatic heterocycles. The topological polar surface area (TPSA) is 97.4 Å². The summed E-state index contributed by atoms with van der Waals surface area (Å²) >= 11 is 5.81. The van der Waals surface area contributed by atoms with E-state index in [-0.39, 0.29) is 11.3 Å². The van der Waals surface area contributed by atoms with Gasteiger partial charge in [0.1, 0.15) is 5.60 Å². The minimum Gasteiger partial charge on any atom is -0.444 e. The minimum atomic E-state index is -4.82. The van der Waals surface area contributed by atoms with Gasteiger partial charge in [-0.2, -0.15) is 13.2 Å². The lowest BCUT2D eigenvalue weighted by Crippen LogP contribution is -2.28. The zero-order valence-corrected chi connectivity index (χ0v) is 21.8. The number of ketones is 1. The number of hydrogen-bond donors (Lipinski definition) is 2.